The van der Waals surface area contributed by atoms with Gasteiger partial charge in [-0.2, -0.15) is 0 Å². The van der Waals surface area contributed by atoms with E-state index >= 15 is 0 Å². The maximum absolute atomic E-state index is 12.3. The molecule has 2 rings (SSSR count). The number of benzene rings is 1. The van der Waals surface area contributed by atoms with Gasteiger partial charge in [0.2, 0.25) is 0 Å². The van der Waals surface area contributed by atoms with Crippen molar-refractivity contribution in [3.8, 4) is 0 Å². The van der Waals surface area contributed by atoms with Crippen molar-refractivity contribution < 1.29 is 14.3 Å². The highest BCUT2D eigenvalue weighted by molar-refractivity contribution is 9.10. The Morgan fingerprint density at radius 2 is 1.85 bits per heavy atom. The predicted molar refractivity (Wildman–Crippen MR) is 111 cm³/mol. The first kappa shape index (κ1) is 21.3. The van der Waals surface area contributed by atoms with Crippen LogP contribution in [-0.2, 0) is 14.3 Å². The molecule has 1 heterocycles. The summed E-state index contributed by atoms with van der Waals surface area (Å²) < 4.78 is 13.9. The van der Waals surface area contributed by atoms with E-state index in [0.717, 1.165) is 30.8 Å². The second kappa shape index (κ2) is 7.56. The molecule has 0 fully saturated rings. The number of aromatic nitrogens is 1. The topological polar surface area (TPSA) is 48.4 Å². The van der Waals surface area contributed by atoms with Crippen molar-refractivity contribution in [2.24, 2.45) is 5.41 Å². The molecule has 6 heteroatoms. The molecule has 0 aliphatic rings. The lowest BCUT2D eigenvalue weighted by atomic mass is 9.97. The molecule has 0 spiro atoms. The van der Waals surface area contributed by atoms with Gasteiger partial charge in [0.15, 0.2) is 0 Å². The highest BCUT2D eigenvalue weighted by Crippen LogP contribution is 2.40. The number of hydrogen-bond donors (Lipinski definition) is 0. The van der Waals surface area contributed by atoms with Crippen LogP contribution < -0.4 is 0 Å². The third-order valence-electron chi connectivity index (χ3n) is 3.77. The van der Waals surface area contributed by atoms with Crippen molar-refractivity contribution in [3.63, 3.8) is 0 Å². The van der Waals surface area contributed by atoms with E-state index in [1.165, 1.54) is 0 Å². The summed E-state index contributed by atoms with van der Waals surface area (Å²) in [5, 5.41) is 1.02. The Bertz CT molecular complexity index is 815. The monoisotopic (exact) mass is 441 g/mol. The summed E-state index contributed by atoms with van der Waals surface area (Å²) in [4.78, 5) is 16.8. The Morgan fingerprint density at radius 1 is 1.23 bits per heavy atom. The van der Waals surface area contributed by atoms with E-state index in [0.29, 0.717) is 0 Å². The van der Waals surface area contributed by atoms with Crippen LogP contribution in [0.2, 0.25) is 0 Å². The zero-order chi connectivity index (χ0) is 19.9. The van der Waals surface area contributed by atoms with E-state index in [1.54, 1.807) is 11.3 Å². The molecule has 1 atom stereocenters. The van der Waals surface area contributed by atoms with Crippen LogP contribution in [0.5, 0.6) is 0 Å². The van der Waals surface area contributed by atoms with Crippen molar-refractivity contribution >= 4 is 43.5 Å². The summed E-state index contributed by atoms with van der Waals surface area (Å²) in [7, 11) is 0. The van der Waals surface area contributed by atoms with Gasteiger partial charge in [-0.25, -0.2) is 4.98 Å². The second-order valence-electron chi connectivity index (χ2n) is 8.57. The van der Waals surface area contributed by atoms with Gasteiger partial charge in [-0.1, -0.05) is 0 Å². The van der Waals surface area contributed by atoms with Gasteiger partial charge in [0.1, 0.15) is 12.7 Å². The van der Waals surface area contributed by atoms with E-state index in [-0.39, 0.29) is 24.3 Å². The maximum atomic E-state index is 12.3. The van der Waals surface area contributed by atoms with Gasteiger partial charge < -0.3 is 9.47 Å². The molecule has 0 radical (unpaired) electrons. The first-order valence-corrected chi connectivity index (χ1v) is 10.3. The first-order chi connectivity index (χ1) is 11.8. The molecule has 0 aliphatic heterocycles. The van der Waals surface area contributed by atoms with Gasteiger partial charge in [0, 0.05) is 10.0 Å². The third-order valence-corrected chi connectivity index (χ3v) is 5.86. The van der Waals surface area contributed by atoms with Crippen LogP contribution in [0.1, 0.15) is 63.8 Å². The lowest BCUT2D eigenvalue weighted by Crippen LogP contribution is -2.29. The first-order valence-electron chi connectivity index (χ1n) is 8.71. The van der Waals surface area contributed by atoms with Crippen LogP contribution >= 0.6 is 27.3 Å². The molecule has 26 heavy (non-hydrogen) atoms. The fraction of sp³-hybridized carbons (Fsp3) is 0.600. The standard InChI is InChI=1S/C20H28BrNO3S/c1-11-9-13-17(26-12(2)22-13)16(21)15(11)14(25-20(6,7)8)10-24-18(23)19(3,4)5/h9,14H,10H2,1-8H3/t14-/m1/s1. The van der Waals surface area contributed by atoms with Crippen molar-refractivity contribution in [2.75, 3.05) is 6.61 Å². The highest BCUT2D eigenvalue weighted by atomic mass is 79.9. The van der Waals surface area contributed by atoms with Crippen LogP contribution in [0.3, 0.4) is 0 Å². The molecule has 0 unspecified atom stereocenters. The largest absolute Gasteiger partial charge is 0.462 e. The van der Waals surface area contributed by atoms with Crippen LogP contribution in [0.25, 0.3) is 10.2 Å². The number of nitrogens with zero attached hydrogens (tertiary/aromatic N) is 1. The minimum absolute atomic E-state index is 0.177. The van der Waals surface area contributed by atoms with Crippen molar-refractivity contribution in [2.45, 2.75) is 67.1 Å². The minimum atomic E-state index is -0.544. The zero-order valence-electron chi connectivity index (χ0n) is 16.8. The summed E-state index contributed by atoms with van der Waals surface area (Å²) in [6.45, 7) is 15.8. The summed E-state index contributed by atoms with van der Waals surface area (Å²) in [5.74, 6) is -0.233. The van der Waals surface area contributed by atoms with E-state index in [9.17, 15) is 4.79 Å². The molecule has 0 N–H and O–H groups in total. The number of thiazole rings is 1. The normalized spacial score (nSPS) is 13.9. The Balaban J connectivity index is 2.44. The molecule has 0 bridgehead atoms. The van der Waals surface area contributed by atoms with Gasteiger partial charge in [-0.15, -0.1) is 11.3 Å². The quantitative estimate of drug-likeness (QED) is 0.535. The van der Waals surface area contributed by atoms with Crippen LogP contribution in [0, 0.1) is 19.3 Å². The van der Waals surface area contributed by atoms with Crippen molar-refractivity contribution in [1.29, 1.82) is 0 Å². The molecule has 4 nitrogen and oxygen atoms in total. The Hall–Kier alpha value is -0.980. The van der Waals surface area contributed by atoms with Gasteiger partial charge in [0.05, 0.1) is 26.2 Å². The van der Waals surface area contributed by atoms with E-state index in [4.69, 9.17) is 9.47 Å². The Kier molecular flexibility index (Phi) is 6.20. The second-order valence-corrected chi connectivity index (χ2v) is 10.6. The summed E-state index contributed by atoms with van der Waals surface area (Å²) in [6, 6.07) is 2.07. The summed E-state index contributed by atoms with van der Waals surface area (Å²) in [5.41, 5.74) is 2.14. The summed E-state index contributed by atoms with van der Waals surface area (Å²) >= 11 is 5.40. The number of aryl methyl sites for hydroxylation is 2. The Labute approximate surface area is 168 Å². The maximum Gasteiger partial charge on any atom is 0.311 e. The molecule has 0 amide bonds. The molecule has 0 saturated heterocycles. The highest BCUT2D eigenvalue weighted by Gasteiger charge is 2.29. The zero-order valence-corrected chi connectivity index (χ0v) is 19.2. The average Bonchev–Trinajstić information content (AvgIpc) is 2.82. The van der Waals surface area contributed by atoms with Crippen molar-refractivity contribution in [3.05, 3.63) is 26.7 Å². The number of halogens is 1. The van der Waals surface area contributed by atoms with Gasteiger partial charge in [0.25, 0.3) is 0 Å². The fourth-order valence-corrected chi connectivity index (χ4v) is 4.50. The van der Waals surface area contributed by atoms with Crippen LogP contribution in [0.4, 0.5) is 0 Å². The lowest BCUT2D eigenvalue weighted by molar-refractivity contribution is -0.162. The molecule has 144 valence electrons. The number of hydrogen-bond acceptors (Lipinski definition) is 5. The van der Waals surface area contributed by atoms with Gasteiger partial charge >= 0.3 is 5.97 Å². The molecule has 2 aromatic rings. The van der Waals surface area contributed by atoms with Crippen molar-refractivity contribution in [1.82, 2.24) is 4.98 Å². The smallest absolute Gasteiger partial charge is 0.311 e. The molecular formula is C20H28BrNO3S. The minimum Gasteiger partial charge on any atom is -0.462 e. The van der Waals surface area contributed by atoms with E-state index in [2.05, 4.69) is 27.0 Å². The molecule has 1 aromatic heterocycles. The lowest BCUT2D eigenvalue weighted by Gasteiger charge is -2.30. The SMILES string of the molecule is Cc1nc2cc(C)c([C@@H](COC(=O)C(C)(C)C)OC(C)(C)C)c(Br)c2s1. The number of ether oxygens (including phenoxy) is 2. The average molecular weight is 442 g/mol. The molecular weight excluding hydrogens is 414 g/mol. The fourth-order valence-electron chi connectivity index (χ4n) is 2.64. The molecule has 0 aliphatic carbocycles. The van der Waals surface area contributed by atoms with Gasteiger partial charge in [-0.05, 0) is 82.9 Å². The number of rotatable bonds is 4. The predicted octanol–water partition coefficient (Wildman–Crippen LogP) is 6.12. The van der Waals surface area contributed by atoms with E-state index in [1.807, 2.05) is 55.4 Å². The van der Waals surface area contributed by atoms with Crippen LogP contribution in [-0.4, -0.2) is 23.2 Å². The number of fused-ring (bicyclic) bond motifs is 1. The molecule has 1 aromatic carbocycles. The molecule has 0 saturated carbocycles. The third kappa shape index (κ3) is 5.05. The van der Waals surface area contributed by atoms with Gasteiger partial charge in [-0.3, -0.25) is 4.79 Å². The summed E-state index contributed by atoms with van der Waals surface area (Å²) in [6.07, 6.45) is -0.359. The number of carbonyl (C=O) groups excluding carboxylic acids is 1. The number of carbonyl (C=O) groups is 1. The van der Waals surface area contributed by atoms with E-state index < -0.39 is 5.41 Å². The van der Waals surface area contributed by atoms with Crippen LogP contribution in [0.15, 0.2) is 10.5 Å². The number of esters is 1. The Morgan fingerprint density at radius 3 is 2.38 bits per heavy atom.